The molecule has 0 radical (unpaired) electrons. The van der Waals surface area contributed by atoms with E-state index in [2.05, 4.69) is 63.8 Å². The fourth-order valence-electron chi connectivity index (χ4n) is 2.61. The molecular formula is C16H23NO. The van der Waals surface area contributed by atoms with Gasteiger partial charge < -0.3 is 4.90 Å². The molecule has 98 valence electrons. The molecule has 2 rings (SSSR count). The molecule has 1 heterocycles. The van der Waals surface area contributed by atoms with E-state index >= 15 is 0 Å². The second-order valence-electron chi connectivity index (χ2n) is 6.91. The van der Waals surface area contributed by atoms with Crippen LogP contribution in [0.3, 0.4) is 0 Å². The summed E-state index contributed by atoms with van der Waals surface area (Å²) in [4.78, 5) is 13.8. The second-order valence-corrected chi connectivity index (χ2v) is 6.91. The number of nitrogens with zero attached hydrogens (tertiary/aromatic N) is 1. The molecule has 0 aromatic heterocycles. The summed E-state index contributed by atoms with van der Waals surface area (Å²) in [6.45, 7) is 11.5. The lowest BCUT2D eigenvalue weighted by Crippen LogP contribution is -2.38. The average molecular weight is 245 g/mol. The van der Waals surface area contributed by atoms with Crippen LogP contribution in [0.5, 0.6) is 0 Å². The first-order valence-electron chi connectivity index (χ1n) is 6.60. The van der Waals surface area contributed by atoms with Crippen LogP contribution in [0.4, 0.5) is 5.69 Å². The third-order valence-electron chi connectivity index (χ3n) is 3.74. The molecule has 2 nitrogen and oxygen atoms in total. The molecule has 1 aromatic carbocycles. The molecule has 1 saturated heterocycles. The smallest absolute Gasteiger partial charge is 0.154 e. The topological polar surface area (TPSA) is 20.3 Å². The number of rotatable bonds is 1. The maximum absolute atomic E-state index is 11.6. The minimum atomic E-state index is -0.0552. The van der Waals surface area contributed by atoms with Crippen LogP contribution >= 0.6 is 0 Å². The van der Waals surface area contributed by atoms with Crippen molar-refractivity contribution in [1.29, 1.82) is 0 Å². The van der Waals surface area contributed by atoms with Crippen molar-refractivity contribution >= 4 is 11.5 Å². The number of Topliss-reactive ketones (excluding diaryl/α,β-unsaturated/α-hetero) is 1. The Morgan fingerprint density at radius 1 is 1.11 bits per heavy atom. The van der Waals surface area contributed by atoms with Crippen molar-refractivity contribution in [3.63, 3.8) is 0 Å². The molecule has 0 spiro atoms. The first-order valence-corrected chi connectivity index (χ1v) is 6.60. The van der Waals surface area contributed by atoms with Gasteiger partial charge >= 0.3 is 0 Å². The van der Waals surface area contributed by atoms with Crippen LogP contribution in [0.2, 0.25) is 0 Å². The number of carbonyl (C=O) groups is 1. The van der Waals surface area contributed by atoms with Gasteiger partial charge in [-0.1, -0.05) is 32.9 Å². The highest BCUT2D eigenvalue weighted by Gasteiger charge is 2.37. The van der Waals surface area contributed by atoms with Crippen molar-refractivity contribution in [2.24, 2.45) is 0 Å². The molecular weight excluding hydrogens is 222 g/mol. The predicted octanol–water partition coefficient (Wildman–Crippen LogP) is 3.54. The van der Waals surface area contributed by atoms with Crippen LogP contribution in [0, 0.1) is 0 Å². The first kappa shape index (κ1) is 13.1. The van der Waals surface area contributed by atoms with Crippen LogP contribution in [0.1, 0.15) is 46.6 Å². The van der Waals surface area contributed by atoms with Gasteiger partial charge in [-0.2, -0.15) is 0 Å². The van der Waals surface area contributed by atoms with Crippen molar-refractivity contribution in [3.05, 3.63) is 29.8 Å². The zero-order valence-electron chi connectivity index (χ0n) is 12.1. The van der Waals surface area contributed by atoms with Crippen LogP contribution in [0.15, 0.2) is 24.3 Å². The summed E-state index contributed by atoms with van der Waals surface area (Å²) in [5.74, 6) is 0.333. The minimum Gasteiger partial charge on any atom is -0.359 e. The Balaban J connectivity index is 2.28. The van der Waals surface area contributed by atoms with E-state index in [1.807, 2.05) is 0 Å². The van der Waals surface area contributed by atoms with Crippen LogP contribution in [0.25, 0.3) is 0 Å². The Kier molecular flexibility index (Phi) is 3.00. The Morgan fingerprint density at radius 3 is 2.06 bits per heavy atom. The summed E-state index contributed by atoms with van der Waals surface area (Å²) >= 11 is 0. The Hall–Kier alpha value is -1.31. The van der Waals surface area contributed by atoms with E-state index in [1.54, 1.807) is 0 Å². The van der Waals surface area contributed by atoms with Gasteiger partial charge in [-0.15, -0.1) is 0 Å². The first-order chi connectivity index (χ1) is 8.20. The van der Waals surface area contributed by atoms with E-state index in [4.69, 9.17) is 0 Å². The molecule has 18 heavy (non-hydrogen) atoms. The lowest BCUT2D eigenvalue weighted by Gasteiger charge is -2.33. The summed E-state index contributed by atoms with van der Waals surface area (Å²) < 4.78 is 0. The van der Waals surface area contributed by atoms with Gasteiger partial charge in [0, 0.05) is 17.6 Å². The number of hydrogen-bond acceptors (Lipinski definition) is 2. The van der Waals surface area contributed by atoms with Crippen molar-refractivity contribution in [3.8, 4) is 0 Å². The minimum absolute atomic E-state index is 0.0552. The molecule has 0 aliphatic carbocycles. The Morgan fingerprint density at radius 2 is 1.67 bits per heavy atom. The summed E-state index contributed by atoms with van der Waals surface area (Å²) in [5, 5.41) is 0. The van der Waals surface area contributed by atoms with Gasteiger partial charge in [-0.3, -0.25) is 4.79 Å². The number of ketones is 1. The maximum Gasteiger partial charge on any atom is 0.154 e. The molecule has 0 atom stereocenters. The standard InChI is InChI=1S/C16H23NO/c1-15(2,3)12-6-8-13(9-7-12)17-11-14(18)10-16(17,4)5/h6-9H,10-11H2,1-5H3. The van der Waals surface area contributed by atoms with E-state index in [0.717, 1.165) is 5.69 Å². The van der Waals surface area contributed by atoms with E-state index < -0.39 is 0 Å². The molecule has 0 N–H and O–H groups in total. The quantitative estimate of drug-likeness (QED) is 0.754. The highest BCUT2D eigenvalue weighted by molar-refractivity contribution is 5.89. The molecule has 1 aromatic rings. The number of carbonyl (C=O) groups excluding carboxylic acids is 1. The largest absolute Gasteiger partial charge is 0.359 e. The van der Waals surface area contributed by atoms with Gasteiger partial charge in [0.1, 0.15) is 0 Å². The van der Waals surface area contributed by atoms with Gasteiger partial charge in [0.05, 0.1) is 6.54 Å². The normalized spacial score (nSPS) is 19.4. The summed E-state index contributed by atoms with van der Waals surface area (Å²) in [6, 6.07) is 8.63. The van der Waals surface area contributed by atoms with Gasteiger partial charge in [0.2, 0.25) is 0 Å². The third-order valence-corrected chi connectivity index (χ3v) is 3.74. The van der Waals surface area contributed by atoms with Crippen molar-refractivity contribution in [2.45, 2.75) is 52.0 Å². The van der Waals surface area contributed by atoms with Crippen molar-refractivity contribution < 1.29 is 4.79 Å². The molecule has 0 amide bonds. The van der Waals surface area contributed by atoms with Gasteiger partial charge in [-0.05, 0) is 37.0 Å². The molecule has 2 heteroatoms. The van der Waals surface area contributed by atoms with Crippen LogP contribution < -0.4 is 4.90 Å². The fraction of sp³-hybridized carbons (Fsp3) is 0.562. The maximum atomic E-state index is 11.6. The summed E-state index contributed by atoms with van der Waals surface area (Å²) in [6.07, 6.45) is 0.647. The van der Waals surface area contributed by atoms with E-state index in [-0.39, 0.29) is 11.0 Å². The number of hydrogen-bond donors (Lipinski definition) is 0. The highest BCUT2D eigenvalue weighted by Crippen LogP contribution is 2.33. The highest BCUT2D eigenvalue weighted by atomic mass is 16.1. The molecule has 0 saturated carbocycles. The van der Waals surface area contributed by atoms with Gasteiger partial charge in [-0.25, -0.2) is 0 Å². The molecule has 1 fully saturated rings. The number of benzene rings is 1. The monoisotopic (exact) mass is 245 g/mol. The lowest BCUT2D eigenvalue weighted by molar-refractivity contribution is -0.116. The summed E-state index contributed by atoms with van der Waals surface area (Å²) in [7, 11) is 0. The predicted molar refractivity (Wildman–Crippen MR) is 76.2 cm³/mol. The van der Waals surface area contributed by atoms with E-state index in [0.29, 0.717) is 18.7 Å². The molecule has 0 unspecified atom stereocenters. The zero-order valence-corrected chi connectivity index (χ0v) is 12.1. The van der Waals surface area contributed by atoms with Crippen LogP contribution in [-0.4, -0.2) is 17.9 Å². The lowest BCUT2D eigenvalue weighted by atomic mass is 9.87. The number of anilines is 1. The Bertz CT molecular complexity index is 451. The average Bonchev–Trinajstić information content (AvgIpc) is 2.51. The van der Waals surface area contributed by atoms with E-state index in [9.17, 15) is 4.79 Å². The SMILES string of the molecule is CC(C)(C)c1ccc(N2CC(=O)CC2(C)C)cc1. The zero-order chi connectivity index (χ0) is 13.6. The van der Waals surface area contributed by atoms with Crippen molar-refractivity contribution in [1.82, 2.24) is 0 Å². The van der Waals surface area contributed by atoms with Gasteiger partial charge in [0.15, 0.2) is 5.78 Å². The molecule has 1 aliphatic rings. The fourth-order valence-corrected chi connectivity index (χ4v) is 2.61. The second kappa shape index (κ2) is 4.11. The van der Waals surface area contributed by atoms with Gasteiger partial charge in [0.25, 0.3) is 0 Å². The molecule has 1 aliphatic heterocycles. The summed E-state index contributed by atoms with van der Waals surface area (Å²) in [5.41, 5.74) is 2.60. The van der Waals surface area contributed by atoms with Crippen LogP contribution in [-0.2, 0) is 10.2 Å². The van der Waals surface area contributed by atoms with Crippen molar-refractivity contribution in [2.75, 3.05) is 11.4 Å². The third kappa shape index (κ3) is 2.43. The molecule has 0 bridgehead atoms. The van der Waals surface area contributed by atoms with E-state index in [1.165, 1.54) is 5.56 Å². The Labute approximate surface area is 110 Å².